The van der Waals surface area contributed by atoms with Crippen LogP contribution in [0.1, 0.15) is 45.1 Å². The number of rotatable bonds is 5. The predicted octanol–water partition coefficient (Wildman–Crippen LogP) is 2.60. The predicted molar refractivity (Wildman–Crippen MR) is 107 cm³/mol. The fraction of sp³-hybridized carbons (Fsp3) is 0.591. The fourth-order valence-electron chi connectivity index (χ4n) is 4.18. The molecule has 0 saturated carbocycles. The van der Waals surface area contributed by atoms with E-state index in [1.165, 1.54) is 5.56 Å². The molecule has 1 amide bonds. The molecule has 3 rings (SSSR count). The van der Waals surface area contributed by atoms with E-state index in [4.69, 9.17) is 4.74 Å². The van der Waals surface area contributed by atoms with Gasteiger partial charge in [0.15, 0.2) is 0 Å². The molecule has 2 aliphatic heterocycles. The van der Waals surface area contributed by atoms with Crippen LogP contribution in [-0.4, -0.2) is 59.4 Å². The Balaban J connectivity index is 1.54. The van der Waals surface area contributed by atoms with Crippen molar-refractivity contribution in [2.24, 2.45) is 0 Å². The highest BCUT2D eigenvalue weighted by Gasteiger charge is 2.49. The molecular formula is C22H32N2O3. The minimum absolute atomic E-state index is 0.0166. The SMILES string of the molecule is CCC(=O)N[C@@]1(C)CC2(CCN(C/C=C/c3ccccc3)CC2)OC[C@@H]1O. The van der Waals surface area contributed by atoms with Crippen LogP contribution in [0.2, 0.25) is 0 Å². The summed E-state index contributed by atoms with van der Waals surface area (Å²) in [4.78, 5) is 14.3. The van der Waals surface area contributed by atoms with Gasteiger partial charge >= 0.3 is 0 Å². The highest BCUT2D eigenvalue weighted by Crippen LogP contribution is 2.39. The third-order valence-electron chi connectivity index (χ3n) is 5.96. The van der Waals surface area contributed by atoms with Crippen LogP contribution < -0.4 is 5.32 Å². The number of carbonyl (C=O) groups excluding carboxylic acids is 1. The first-order valence-electron chi connectivity index (χ1n) is 10.0. The normalized spacial score (nSPS) is 28.5. The fourth-order valence-corrected chi connectivity index (χ4v) is 4.18. The van der Waals surface area contributed by atoms with Gasteiger partial charge in [0, 0.05) is 32.5 Å². The first-order chi connectivity index (χ1) is 12.9. The lowest BCUT2D eigenvalue weighted by molar-refractivity contribution is -0.180. The van der Waals surface area contributed by atoms with Crippen molar-refractivity contribution in [3.8, 4) is 0 Å². The van der Waals surface area contributed by atoms with Crippen molar-refractivity contribution < 1.29 is 14.6 Å². The number of hydrogen-bond donors (Lipinski definition) is 2. The maximum atomic E-state index is 11.9. The zero-order chi connectivity index (χ0) is 19.3. The molecule has 0 radical (unpaired) electrons. The summed E-state index contributed by atoms with van der Waals surface area (Å²) in [5.74, 6) is -0.0166. The van der Waals surface area contributed by atoms with Crippen molar-refractivity contribution in [2.75, 3.05) is 26.2 Å². The number of carbonyl (C=O) groups is 1. The van der Waals surface area contributed by atoms with Gasteiger partial charge in [0.25, 0.3) is 0 Å². The second-order valence-corrected chi connectivity index (χ2v) is 8.12. The number of aliphatic hydroxyl groups excluding tert-OH is 1. The van der Waals surface area contributed by atoms with Crippen LogP contribution in [0.25, 0.3) is 6.08 Å². The molecular weight excluding hydrogens is 340 g/mol. The number of ether oxygens (including phenoxy) is 1. The van der Waals surface area contributed by atoms with Gasteiger partial charge in [0.05, 0.1) is 17.7 Å². The van der Waals surface area contributed by atoms with Gasteiger partial charge in [0.1, 0.15) is 6.10 Å². The number of likely N-dealkylation sites (tertiary alicyclic amines) is 1. The molecule has 0 bridgehead atoms. The minimum Gasteiger partial charge on any atom is -0.388 e. The second kappa shape index (κ2) is 8.55. The molecule has 27 heavy (non-hydrogen) atoms. The molecule has 2 aliphatic rings. The van der Waals surface area contributed by atoms with Crippen LogP contribution in [0.4, 0.5) is 0 Å². The summed E-state index contributed by atoms with van der Waals surface area (Å²) in [7, 11) is 0. The van der Waals surface area contributed by atoms with Gasteiger partial charge in [0.2, 0.25) is 5.91 Å². The maximum Gasteiger partial charge on any atom is 0.220 e. The zero-order valence-corrected chi connectivity index (χ0v) is 16.5. The zero-order valence-electron chi connectivity index (χ0n) is 16.5. The van der Waals surface area contributed by atoms with Gasteiger partial charge in [-0.25, -0.2) is 0 Å². The van der Waals surface area contributed by atoms with E-state index in [0.717, 1.165) is 32.5 Å². The molecule has 0 aliphatic carbocycles. The molecule has 2 saturated heterocycles. The van der Waals surface area contributed by atoms with Gasteiger partial charge < -0.3 is 15.2 Å². The van der Waals surface area contributed by atoms with E-state index in [1.807, 2.05) is 32.0 Å². The van der Waals surface area contributed by atoms with Crippen molar-refractivity contribution in [2.45, 2.75) is 56.8 Å². The molecule has 1 aromatic rings. The van der Waals surface area contributed by atoms with Crippen LogP contribution in [0, 0.1) is 0 Å². The van der Waals surface area contributed by atoms with Crippen molar-refractivity contribution in [3.63, 3.8) is 0 Å². The van der Waals surface area contributed by atoms with E-state index in [1.54, 1.807) is 0 Å². The lowest BCUT2D eigenvalue weighted by Crippen LogP contribution is -2.65. The van der Waals surface area contributed by atoms with Gasteiger partial charge in [-0.15, -0.1) is 0 Å². The summed E-state index contributed by atoms with van der Waals surface area (Å²) >= 11 is 0. The number of benzene rings is 1. The Bertz CT molecular complexity index is 653. The Labute approximate surface area is 162 Å². The third kappa shape index (κ3) is 4.98. The molecule has 148 valence electrons. The van der Waals surface area contributed by atoms with E-state index in [2.05, 4.69) is 34.5 Å². The molecule has 5 nitrogen and oxygen atoms in total. The first-order valence-corrected chi connectivity index (χ1v) is 10.0. The molecule has 0 unspecified atom stereocenters. The lowest BCUT2D eigenvalue weighted by Gasteiger charge is -2.52. The largest absolute Gasteiger partial charge is 0.388 e. The number of amides is 1. The van der Waals surface area contributed by atoms with Crippen LogP contribution >= 0.6 is 0 Å². The molecule has 1 aromatic carbocycles. The highest BCUT2D eigenvalue weighted by molar-refractivity contribution is 5.76. The summed E-state index contributed by atoms with van der Waals surface area (Å²) in [5.41, 5.74) is 0.369. The summed E-state index contributed by atoms with van der Waals surface area (Å²) in [6.07, 6.45) is 6.66. The second-order valence-electron chi connectivity index (χ2n) is 8.12. The van der Waals surface area contributed by atoms with Crippen LogP contribution in [0.5, 0.6) is 0 Å². The van der Waals surface area contributed by atoms with Gasteiger partial charge in [-0.1, -0.05) is 49.4 Å². The smallest absolute Gasteiger partial charge is 0.220 e. The van der Waals surface area contributed by atoms with E-state index in [0.29, 0.717) is 12.8 Å². The number of hydrogen-bond acceptors (Lipinski definition) is 4. The Morgan fingerprint density at radius 1 is 1.33 bits per heavy atom. The highest BCUT2D eigenvalue weighted by atomic mass is 16.5. The van der Waals surface area contributed by atoms with Crippen molar-refractivity contribution >= 4 is 12.0 Å². The van der Waals surface area contributed by atoms with Crippen LogP contribution in [0.3, 0.4) is 0 Å². The Morgan fingerprint density at radius 3 is 2.70 bits per heavy atom. The van der Waals surface area contributed by atoms with Gasteiger partial charge in [-0.05, 0) is 25.3 Å². The van der Waals surface area contributed by atoms with E-state index in [9.17, 15) is 9.90 Å². The standard InChI is InChI=1S/C22H32N2O3/c1-3-20(26)23-21(2)17-22(27-16-19(21)25)11-14-24(15-12-22)13-7-10-18-8-5-4-6-9-18/h4-10,19,25H,3,11-17H2,1-2H3,(H,23,26)/b10-7+/t19-,21-/m0/s1. The van der Waals surface area contributed by atoms with Crippen molar-refractivity contribution in [3.05, 3.63) is 42.0 Å². The summed E-state index contributed by atoms with van der Waals surface area (Å²) < 4.78 is 6.11. The number of piperidine rings is 1. The molecule has 0 aromatic heterocycles. The number of aliphatic hydroxyl groups is 1. The molecule has 2 N–H and O–H groups in total. The summed E-state index contributed by atoms with van der Waals surface area (Å²) in [6.45, 7) is 6.93. The molecule has 5 heteroatoms. The Hall–Kier alpha value is -1.69. The number of nitrogens with one attached hydrogen (secondary N) is 1. The maximum absolute atomic E-state index is 11.9. The van der Waals surface area contributed by atoms with Crippen molar-refractivity contribution in [1.29, 1.82) is 0 Å². The van der Waals surface area contributed by atoms with Crippen molar-refractivity contribution in [1.82, 2.24) is 10.2 Å². The average Bonchev–Trinajstić information content (AvgIpc) is 2.67. The van der Waals surface area contributed by atoms with Gasteiger partial charge in [-0.2, -0.15) is 0 Å². The summed E-state index contributed by atoms with van der Waals surface area (Å²) in [6, 6.07) is 10.3. The average molecular weight is 373 g/mol. The molecule has 2 atom stereocenters. The Morgan fingerprint density at radius 2 is 2.04 bits per heavy atom. The van der Waals surface area contributed by atoms with E-state index in [-0.39, 0.29) is 18.1 Å². The lowest BCUT2D eigenvalue weighted by atomic mass is 9.74. The molecule has 2 fully saturated rings. The quantitative estimate of drug-likeness (QED) is 0.834. The van der Waals surface area contributed by atoms with Crippen LogP contribution in [-0.2, 0) is 9.53 Å². The first kappa shape index (κ1) is 20.1. The number of nitrogens with zero attached hydrogens (tertiary/aromatic N) is 1. The third-order valence-corrected chi connectivity index (χ3v) is 5.96. The Kier molecular flexibility index (Phi) is 6.35. The van der Waals surface area contributed by atoms with Gasteiger partial charge in [-0.3, -0.25) is 9.69 Å². The summed E-state index contributed by atoms with van der Waals surface area (Å²) in [5, 5.41) is 13.4. The monoisotopic (exact) mass is 372 g/mol. The minimum atomic E-state index is -0.662. The topological polar surface area (TPSA) is 61.8 Å². The van der Waals surface area contributed by atoms with E-state index >= 15 is 0 Å². The molecule has 1 spiro atoms. The van der Waals surface area contributed by atoms with Crippen LogP contribution in [0.15, 0.2) is 36.4 Å². The molecule has 2 heterocycles. The van der Waals surface area contributed by atoms with E-state index < -0.39 is 11.6 Å².